The van der Waals surface area contributed by atoms with Crippen LogP contribution in [0.25, 0.3) is 0 Å². The van der Waals surface area contributed by atoms with E-state index in [1.54, 1.807) is 16.4 Å². The van der Waals surface area contributed by atoms with Crippen LogP contribution in [-0.4, -0.2) is 54.5 Å². The molecule has 0 radical (unpaired) electrons. The van der Waals surface area contributed by atoms with Gasteiger partial charge in [-0.3, -0.25) is 4.68 Å². The Kier molecular flexibility index (Phi) is 10.6. The number of rotatable bonds is 9. The second-order valence-corrected chi connectivity index (χ2v) is 13.5. The predicted molar refractivity (Wildman–Crippen MR) is 145 cm³/mol. The van der Waals surface area contributed by atoms with Crippen LogP contribution in [0.4, 0.5) is 22.0 Å². The lowest BCUT2D eigenvalue weighted by atomic mass is 9.73. The summed E-state index contributed by atoms with van der Waals surface area (Å²) < 4.78 is 69.0. The van der Waals surface area contributed by atoms with E-state index in [9.17, 15) is 22.7 Å². The van der Waals surface area contributed by atoms with Crippen LogP contribution in [0.3, 0.4) is 0 Å². The Labute approximate surface area is 232 Å². The van der Waals surface area contributed by atoms with Gasteiger partial charge in [0.15, 0.2) is 0 Å². The zero-order valence-electron chi connectivity index (χ0n) is 22.7. The van der Waals surface area contributed by atoms with E-state index in [1.165, 1.54) is 12.7 Å². The molecule has 1 heterocycles. The van der Waals surface area contributed by atoms with Crippen LogP contribution in [0.2, 0.25) is 0 Å². The smallest absolute Gasteiger partial charge is 0.386 e. The topological polar surface area (TPSA) is 50.9 Å². The molecule has 0 aromatic carbocycles. The molecule has 220 valence electrons. The average molecular weight is 576 g/mol. The van der Waals surface area contributed by atoms with Crippen molar-refractivity contribution < 1.29 is 27.1 Å². The van der Waals surface area contributed by atoms with Crippen LogP contribution in [0.5, 0.6) is 0 Å². The molecule has 1 aromatic heterocycles. The number of hydrogen-bond donors (Lipinski definition) is 1. The van der Waals surface area contributed by atoms with Crippen molar-refractivity contribution in [1.29, 1.82) is 0 Å². The van der Waals surface area contributed by atoms with Crippen LogP contribution in [0.15, 0.2) is 37.0 Å². The molecule has 3 unspecified atom stereocenters. The molecule has 10 heteroatoms. The molecule has 39 heavy (non-hydrogen) atoms. The lowest BCUT2D eigenvalue weighted by molar-refractivity contribution is -0.183. The molecule has 4 nitrogen and oxygen atoms in total. The van der Waals surface area contributed by atoms with E-state index in [2.05, 4.69) is 22.2 Å². The Hall–Kier alpha value is -1.42. The molecular weight excluding hydrogens is 533 g/mol. The number of allylic oxidation sites excluding steroid dienone is 4. The molecule has 5 atom stereocenters. The van der Waals surface area contributed by atoms with Gasteiger partial charge in [0.25, 0.3) is 0 Å². The van der Waals surface area contributed by atoms with Gasteiger partial charge in [0.2, 0.25) is 0 Å². The van der Waals surface area contributed by atoms with E-state index in [0.29, 0.717) is 30.4 Å². The van der Waals surface area contributed by atoms with E-state index in [0.717, 1.165) is 25.7 Å². The predicted octanol–water partition coefficient (Wildman–Crippen LogP) is 7.65. The summed E-state index contributed by atoms with van der Waals surface area (Å²) in [6.07, 6.45) is 10.7. The molecular formula is C29H42F5N3OS. The third-order valence-electron chi connectivity index (χ3n) is 9.16. The number of hydrogen-bond acceptors (Lipinski definition) is 4. The number of aromatic nitrogens is 3. The Morgan fingerprint density at radius 2 is 1.56 bits per heavy atom. The number of nitrogens with zero attached hydrogens (tertiary/aromatic N) is 3. The Balaban J connectivity index is 1.25. The molecule has 0 aliphatic heterocycles. The highest BCUT2D eigenvalue weighted by molar-refractivity contribution is 8.00. The van der Waals surface area contributed by atoms with E-state index in [1.807, 2.05) is 19.1 Å². The molecule has 3 aliphatic rings. The maximum atomic E-state index is 15.0. The average Bonchev–Trinajstić information content (AvgIpc) is 3.40. The van der Waals surface area contributed by atoms with Gasteiger partial charge in [0.1, 0.15) is 30.6 Å². The van der Waals surface area contributed by atoms with Crippen LogP contribution in [0.1, 0.15) is 77.6 Å². The minimum atomic E-state index is -4.07. The third kappa shape index (κ3) is 8.30. The van der Waals surface area contributed by atoms with E-state index in [-0.39, 0.29) is 43.4 Å². The monoisotopic (exact) mass is 575 g/mol. The summed E-state index contributed by atoms with van der Waals surface area (Å²) in [4.78, 5) is 3.96. The molecule has 3 fully saturated rings. The first kappa shape index (κ1) is 30.5. The van der Waals surface area contributed by atoms with E-state index in [4.69, 9.17) is 0 Å². The van der Waals surface area contributed by atoms with Crippen molar-refractivity contribution in [3.8, 4) is 0 Å². The first-order valence-corrected chi connectivity index (χ1v) is 15.4. The van der Waals surface area contributed by atoms with Crippen molar-refractivity contribution in [2.45, 2.75) is 119 Å². The summed E-state index contributed by atoms with van der Waals surface area (Å²) >= 11 is 1.71. The molecule has 1 N–H and O–H groups in total. The van der Waals surface area contributed by atoms with Gasteiger partial charge in [-0.2, -0.15) is 30.0 Å². The van der Waals surface area contributed by atoms with Crippen molar-refractivity contribution >= 4 is 11.8 Å². The summed E-state index contributed by atoms with van der Waals surface area (Å²) in [5, 5.41) is 16.1. The standard InChI is InChI=1S/C29H42F5N3OS/c1-20(28(38,17-37-19-35-18-36-37)26-15-12-24(30)16-27(26)31)39-25-13-8-22(9-14-25)5-3-2-4-21-6-10-23(11-7-21)29(32,33)34/h2-5,18-27,38H,6-17H2,1H3/b4-2+,5-3+/t20-,21?,22?,23?,24?,25?,26?,27?,28-/m1/s1. The molecule has 0 spiro atoms. The molecule has 3 saturated carbocycles. The first-order chi connectivity index (χ1) is 18.5. The van der Waals surface area contributed by atoms with Gasteiger partial charge in [0.05, 0.1) is 12.5 Å². The van der Waals surface area contributed by atoms with Gasteiger partial charge in [-0.05, 0) is 76.0 Å². The van der Waals surface area contributed by atoms with E-state index >= 15 is 4.39 Å². The van der Waals surface area contributed by atoms with Gasteiger partial charge in [-0.15, -0.1) is 0 Å². The highest BCUT2D eigenvalue weighted by Gasteiger charge is 2.49. The first-order valence-electron chi connectivity index (χ1n) is 14.4. The maximum absolute atomic E-state index is 15.0. The summed E-state index contributed by atoms with van der Waals surface area (Å²) in [6, 6.07) is 0. The summed E-state index contributed by atoms with van der Waals surface area (Å²) in [7, 11) is 0. The number of alkyl halides is 5. The van der Waals surface area contributed by atoms with E-state index < -0.39 is 36.0 Å². The number of thioether (sulfide) groups is 1. The SMILES string of the molecule is C[C@@H](SC1CCC(/C=C/C=C/C2CCC(C(F)(F)F)CC2)CC1)[C@](O)(Cn1cncn1)C1CCC(F)CC1F. The van der Waals surface area contributed by atoms with Crippen molar-refractivity contribution in [2.75, 3.05) is 0 Å². The van der Waals surface area contributed by atoms with Crippen molar-refractivity contribution in [2.24, 2.45) is 23.7 Å². The fourth-order valence-corrected chi connectivity index (χ4v) is 8.26. The molecule has 3 aliphatic carbocycles. The normalized spacial score (nSPS) is 35.3. The van der Waals surface area contributed by atoms with Crippen molar-refractivity contribution in [1.82, 2.24) is 14.8 Å². The highest BCUT2D eigenvalue weighted by Crippen LogP contribution is 2.45. The summed E-state index contributed by atoms with van der Waals surface area (Å²) in [6.45, 7) is 2.08. The fraction of sp³-hybridized carbons (Fsp3) is 0.793. The quantitative estimate of drug-likeness (QED) is 0.243. The molecule has 1 aromatic rings. The zero-order valence-corrected chi connectivity index (χ0v) is 23.5. The molecule has 0 bridgehead atoms. The van der Waals surface area contributed by atoms with Gasteiger partial charge < -0.3 is 5.11 Å². The van der Waals surface area contributed by atoms with Gasteiger partial charge in [-0.25, -0.2) is 13.8 Å². The zero-order chi connectivity index (χ0) is 28.0. The van der Waals surface area contributed by atoms with Crippen LogP contribution < -0.4 is 0 Å². The van der Waals surface area contributed by atoms with Gasteiger partial charge in [0, 0.05) is 22.8 Å². The minimum absolute atomic E-state index is 0.130. The van der Waals surface area contributed by atoms with Gasteiger partial charge in [-0.1, -0.05) is 31.2 Å². The minimum Gasteiger partial charge on any atom is -0.386 e. The lowest BCUT2D eigenvalue weighted by Crippen LogP contribution is -2.55. The second-order valence-electron chi connectivity index (χ2n) is 11.9. The Morgan fingerprint density at radius 3 is 2.10 bits per heavy atom. The van der Waals surface area contributed by atoms with Crippen molar-refractivity contribution in [3.63, 3.8) is 0 Å². The second kappa shape index (κ2) is 13.5. The molecule has 0 amide bonds. The maximum Gasteiger partial charge on any atom is 0.391 e. The van der Waals surface area contributed by atoms with Crippen LogP contribution in [-0.2, 0) is 6.54 Å². The van der Waals surface area contributed by atoms with Crippen molar-refractivity contribution in [3.05, 3.63) is 37.0 Å². The molecule has 0 saturated heterocycles. The van der Waals surface area contributed by atoms with Crippen LogP contribution in [0, 0.1) is 23.7 Å². The lowest BCUT2D eigenvalue weighted by Gasteiger charge is -2.45. The highest BCUT2D eigenvalue weighted by atomic mass is 32.2. The largest absolute Gasteiger partial charge is 0.391 e. The summed E-state index contributed by atoms with van der Waals surface area (Å²) in [5.41, 5.74) is -1.36. The van der Waals surface area contributed by atoms with Gasteiger partial charge >= 0.3 is 6.18 Å². The van der Waals surface area contributed by atoms with Crippen LogP contribution >= 0.6 is 11.8 Å². The number of halogens is 5. The Morgan fingerprint density at radius 1 is 0.949 bits per heavy atom. The molecule has 4 rings (SSSR count). The summed E-state index contributed by atoms with van der Waals surface area (Å²) in [5.74, 6) is -1.12. The fourth-order valence-electron chi connectivity index (χ4n) is 6.66. The number of aliphatic hydroxyl groups is 1. The Bertz CT molecular complexity index is 926. The third-order valence-corrected chi connectivity index (χ3v) is 10.8.